The number of aliphatic imine (C=N–C) groups is 2. The predicted molar refractivity (Wildman–Crippen MR) is 215 cm³/mol. The molecule has 4 bridgehead atoms. The van der Waals surface area contributed by atoms with Crippen LogP contribution in [0.2, 0.25) is 0 Å². The number of ether oxygens (including phenoxy) is 2. The molecule has 0 N–H and O–H groups in total. The van der Waals surface area contributed by atoms with Gasteiger partial charge in [0, 0.05) is 35.1 Å². The first-order valence-corrected chi connectivity index (χ1v) is 17.7. The summed E-state index contributed by atoms with van der Waals surface area (Å²) in [4.78, 5) is 34.7. The van der Waals surface area contributed by atoms with Gasteiger partial charge in [0.05, 0.1) is 24.5 Å². The number of hydrogen-bond acceptors (Lipinski definition) is 6. The summed E-state index contributed by atoms with van der Waals surface area (Å²) >= 11 is 0. The molecule has 0 atom stereocenters. The smallest absolute Gasteiger partial charge is 0.311 e. The molecule has 0 saturated heterocycles. The number of benzene rings is 2. The van der Waals surface area contributed by atoms with Crippen molar-refractivity contribution >= 4 is 47.7 Å². The van der Waals surface area contributed by atoms with Crippen LogP contribution in [-0.2, 0) is 9.59 Å². The zero-order valence-electron chi connectivity index (χ0n) is 30.4. The molecule has 0 spiro atoms. The molecule has 0 saturated carbocycles. The first-order valence-electron chi connectivity index (χ1n) is 17.7. The number of unbranched alkanes of at least 4 members (excludes halogenated alkanes) is 1. The van der Waals surface area contributed by atoms with Gasteiger partial charge in [-0.25, -0.2) is 0 Å². The Balaban J connectivity index is 1.07. The second kappa shape index (κ2) is 16.0. The second-order valence-electron chi connectivity index (χ2n) is 13.4. The number of carbonyl (C=O) groups excluding carboxylic acids is 2. The SMILES string of the molecule is C=C1\C=C/C(C2=NC2)=C(C)/C=C\c2ccc(OC(=O)CCCCC(=O)Oc3ccc4c(C)c3/C=C\C(=C)\C=C/C(C3=NC3)=C(C)/C=C\4)c(c2C)/C=C\1. The number of nitrogens with zero attached hydrogens (tertiary/aromatic N) is 2. The quantitative estimate of drug-likeness (QED) is 0.149. The van der Waals surface area contributed by atoms with Crippen LogP contribution in [0.3, 0.4) is 0 Å². The van der Waals surface area contributed by atoms with E-state index in [1.807, 2.05) is 74.6 Å². The highest BCUT2D eigenvalue weighted by atomic mass is 16.5. The van der Waals surface area contributed by atoms with Crippen LogP contribution in [0.25, 0.3) is 24.3 Å². The van der Waals surface area contributed by atoms with Crippen LogP contribution in [0.4, 0.5) is 0 Å². The monoisotopic (exact) mass is 688 g/mol. The molecule has 2 aliphatic heterocycles. The van der Waals surface area contributed by atoms with Crippen molar-refractivity contribution in [2.45, 2.75) is 53.4 Å². The van der Waals surface area contributed by atoms with Gasteiger partial charge >= 0.3 is 11.9 Å². The van der Waals surface area contributed by atoms with E-state index >= 15 is 0 Å². The molecule has 6 nitrogen and oxygen atoms in total. The number of hydrogen-bond donors (Lipinski definition) is 0. The number of allylic oxidation sites excluding steroid dienone is 12. The minimum atomic E-state index is -0.351. The summed E-state index contributed by atoms with van der Waals surface area (Å²) in [6.45, 7) is 18.1. The summed E-state index contributed by atoms with van der Waals surface area (Å²) in [5.74, 6) is 0.282. The van der Waals surface area contributed by atoms with Crippen LogP contribution in [-0.4, -0.2) is 36.5 Å². The van der Waals surface area contributed by atoms with Crippen LogP contribution in [0.15, 0.2) is 129 Å². The van der Waals surface area contributed by atoms with E-state index in [0.717, 1.165) is 91.3 Å². The molecule has 6 rings (SSSR count). The lowest BCUT2D eigenvalue weighted by molar-refractivity contribution is -0.136. The van der Waals surface area contributed by atoms with Crippen LogP contribution in [0, 0.1) is 13.8 Å². The highest BCUT2D eigenvalue weighted by Gasteiger charge is 2.18. The highest BCUT2D eigenvalue weighted by molar-refractivity contribution is 6.13. The van der Waals surface area contributed by atoms with Crippen molar-refractivity contribution in [1.82, 2.24) is 0 Å². The third kappa shape index (κ3) is 9.07. The second-order valence-corrected chi connectivity index (χ2v) is 13.4. The lowest BCUT2D eigenvalue weighted by atomic mass is 9.97. The summed E-state index contributed by atoms with van der Waals surface area (Å²) in [7, 11) is 0. The molecule has 52 heavy (non-hydrogen) atoms. The van der Waals surface area contributed by atoms with Crippen LogP contribution in [0.1, 0.15) is 72.9 Å². The maximum atomic E-state index is 13.0. The molecule has 2 aromatic rings. The van der Waals surface area contributed by atoms with Crippen molar-refractivity contribution in [3.05, 3.63) is 153 Å². The molecular weight excluding hydrogens is 645 g/mol. The van der Waals surface area contributed by atoms with Crippen molar-refractivity contribution in [2.24, 2.45) is 9.98 Å². The average Bonchev–Trinajstić information content (AvgIpc) is 4.04. The average molecular weight is 689 g/mol. The number of rotatable bonds is 9. The first-order chi connectivity index (χ1) is 25.1. The van der Waals surface area contributed by atoms with Gasteiger partial charge in [-0.1, -0.05) is 98.2 Å². The van der Waals surface area contributed by atoms with Crippen LogP contribution in [0.5, 0.6) is 11.5 Å². The van der Waals surface area contributed by atoms with Gasteiger partial charge in [-0.2, -0.15) is 0 Å². The molecule has 0 unspecified atom stereocenters. The molecule has 262 valence electrons. The van der Waals surface area contributed by atoms with Crippen molar-refractivity contribution in [3.63, 3.8) is 0 Å². The summed E-state index contributed by atoms with van der Waals surface area (Å²) < 4.78 is 11.7. The van der Waals surface area contributed by atoms with E-state index in [2.05, 4.69) is 73.4 Å². The third-order valence-electron chi connectivity index (χ3n) is 9.48. The lowest BCUT2D eigenvalue weighted by Gasteiger charge is -2.14. The van der Waals surface area contributed by atoms with E-state index in [0.29, 0.717) is 24.3 Å². The fourth-order valence-electron chi connectivity index (χ4n) is 6.09. The highest BCUT2D eigenvalue weighted by Crippen LogP contribution is 2.32. The number of carbonyl (C=O) groups is 2. The minimum absolute atomic E-state index is 0.177. The Morgan fingerprint density at radius 1 is 0.558 bits per heavy atom. The lowest BCUT2D eigenvalue weighted by Crippen LogP contribution is -2.11. The number of esters is 2. The van der Waals surface area contributed by atoms with Gasteiger partial charge in [-0.15, -0.1) is 0 Å². The molecular formula is C46H44N2O4. The van der Waals surface area contributed by atoms with E-state index in [1.54, 1.807) is 0 Å². The fraction of sp³-hybridized carbons (Fsp3) is 0.217. The fourth-order valence-corrected chi connectivity index (χ4v) is 6.09. The Hall–Kier alpha value is -5.88. The molecule has 0 radical (unpaired) electrons. The summed E-state index contributed by atoms with van der Waals surface area (Å²) in [5.41, 5.74) is 14.1. The number of fused-ring (bicyclic) bond motifs is 4. The van der Waals surface area contributed by atoms with Crippen molar-refractivity contribution in [3.8, 4) is 11.5 Å². The molecule has 6 heteroatoms. The van der Waals surface area contributed by atoms with Gasteiger partial charge < -0.3 is 9.47 Å². The van der Waals surface area contributed by atoms with Gasteiger partial charge in [0.15, 0.2) is 0 Å². The molecule has 0 amide bonds. The third-order valence-corrected chi connectivity index (χ3v) is 9.48. The Labute approximate surface area is 306 Å². The van der Waals surface area contributed by atoms with Crippen molar-refractivity contribution in [2.75, 3.05) is 13.1 Å². The zero-order valence-corrected chi connectivity index (χ0v) is 30.4. The molecule has 0 aromatic heterocycles. The maximum Gasteiger partial charge on any atom is 0.311 e. The van der Waals surface area contributed by atoms with Gasteiger partial charge in [0.25, 0.3) is 0 Å². The summed E-state index contributed by atoms with van der Waals surface area (Å²) in [6, 6.07) is 7.60. The van der Waals surface area contributed by atoms with E-state index in [4.69, 9.17) is 9.47 Å². The standard InChI is InChI=1S/C46H44N2O4/c1-29-11-21-37(41-27-47-41)31(3)15-17-35-19-25-43(39(23-13-29)33(35)5)51-45(49)9-7-8-10-46(50)52-44-26-20-36-18-16-32(4)38(42-28-48-42)22-12-30(2)14-24-40(44)34(36)6/h11-26H,1-2,7-10,27-28H2,3-6H3/b17-15-,18-16-,21-11-,22-12-,23-13-,24-14-,37-31-,38-32-. The van der Waals surface area contributed by atoms with Gasteiger partial charge in [0.1, 0.15) is 11.5 Å². The van der Waals surface area contributed by atoms with Gasteiger partial charge in [0.2, 0.25) is 0 Å². The van der Waals surface area contributed by atoms with Gasteiger partial charge in [-0.3, -0.25) is 19.6 Å². The normalized spacial score (nSPS) is 22.9. The van der Waals surface area contributed by atoms with Crippen LogP contribution >= 0.6 is 0 Å². The molecule has 2 heterocycles. The zero-order chi connectivity index (χ0) is 36.8. The Morgan fingerprint density at radius 2 is 0.942 bits per heavy atom. The van der Waals surface area contributed by atoms with Crippen molar-refractivity contribution < 1.29 is 19.1 Å². The largest absolute Gasteiger partial charge is 0.426 e. The molecule has 0 fully saturated rings. The summed E-state index contributed by atoms with van der Waals surface area (Å²) in [5, 5.41) is 0. The van der Waals surface area contributed by atoms with Gasteiger partial charge in [-0.05, 0) is 97.2 Å². The Kier molecular flexibility index (Phi) is 11.0. The predicted octanol–water partition coefficient (Wildman–Crippen LogP) is 10.2. The van der Waals surface area contributed by atoms with Crippen LogP contribution < -0.4 is 9.47 Å². The van der Waals surface area contributed by atoms with E-state index < -0.39 is 0 Å². The first kappa shape index (κ1) is 35.9. The topological polar surface area (TPSA) is 77.3 Å². The van der Waals surface area contributed by atoms with E-state index in [1.165, 1.54) is 0 Å². The van der Waals surface area contributed by atoms with E-state index in [9.17, 15) is 9.59 Å². The Morgan fingerprint density at radius 3 is 1.33 bits per heavy atom. The maximum absolute atomic E-state index is 13.0. The Bertz CT molecular complexity index is 2030. The summed E-state index contributed by atoms with van der Waals surface area (Å²) in [6.07, 6.45) is 25.5. The van der Waals surface area contributed by atoms with Crippen molar-refractivity contribution in [1.29, 1.82) is 0 Å². The van der Waals surface area contributed by atoms with E-state index in [-0.39, 0.29) is 24.8 Å². The molecule has 2 aliphatic carbocycles. The minimum Gasteiger partial charge on any atom is -0.426 e. The molecule has 4 aliphatic rings. The molecule has 2 aromatic carbocycles.